The van der Waals surface area contributed by atoms with E-state index in [0.717, 1.165) is 17.7 Å². The number of benzene rings is 2. The van der Waals surface area contributed by atoms with Crippen LogP contribution in [0.1, 0.15) is 27.5 Å². The van der Waals surface area contributed by atoms with Gasteiger partial charge in [0.2, 0.25) is 5.91 Å². The van der Waals surface area contributed by atoms with Gasteiger partial charge in [-0.1, -0.05) is 12.1 Å². The van der Waals surface area contributed by atoms with Crippen molar-refractivity contribution in [1.82, 2.24) is 10.6 Å². The number of methoxy groups -OCH3 is 1. The number of nitrogens with one attached hydrogen (secondary N) is 2. The summed E-state index contributed by atoms with van der Waals surface area (Å²) in [5.74, 6) is -2.71. The molecule has 0 aliphatic rings. The second-order valence-corrected chi connectivity index (χ2v) is 5.38. The van der Waals surface area contributed by atoms with Crippen LogP contribution in [0.4, 0.5) is 8.78 Å². The molecule has 2 aromatic carbocycles. The second-order valence-electron chi connectivity index (χ2n) is 5.38. The average molecular weight is 348 g/mol. The zero-order valence-electron chi connectivity index (χ0n) is 14.0. The third-order valence-electron chi connectivity index (χ3n) is 3.73. The van der Waals surface area contributed by atoms with Crippen molar-refractivity contribution in [1.29, 1.82) is 0 Å². The fourth-order valence-corrected chi connectivity index (χ4v) is 2.31. The molecule has 2 aromatic rings. The van der Waals surface area contributed by atoms with Crippen molar-refractivity contribution in [3.05, 3.63) is 64.7 Å². The molecule has 7 heteroatoms. The highest BCUT2D eigenvalue weighted by Crippen LogP contribution is 2.21. The maximum Gasteiger partial charge on any atom is 0.252 e. The number of halogens is 2. The monoisotopic (exact) mass is 348 g/mol. The molecule has 2 rings (SSSR count). The van der Waals surface area contributed by atoms with Gasteiger partial charge in [-0.15, -0.1) is 0 Å². The number of rotatable bonds is 5. The smallest absolute Gasteiger partial charge is 0.252 e. The van der Waals surface area contributed by atoms with Crippen LogP contribution in [0.25, 0.3) is 0 Å². The highest BCUT2D eigenvalue weighted by molar-refractivity contribution is 5.98. The van der Waals surface area contributed by atoms with Crippen molar-refractivity contribution in [3.63, 3.8) is 0 Å². The maximum atomic E-state index is 13.5. The Morgan fingerprint density at radius 3 is 2.40 bits per heavy atom. The molecule has 2 N–H and O–H groups in total. The van der Waals surface area contributed by atoms with Crippen LogP contribution in [-0.4, -0.2) is 26.0 Å². The van der Waals surface area contributed by atoms with Crippen molar-refractivity contribution in [2.45, 2.75) is 13.0 Å². The zero-order valence-corrected chi connectivity index (χ0v) is 14.0. The van der Waals surface area contributed by atoms with Crippen LogP contribution in [0.2, 0.25) is 0 Å². The number of aryl methyl sites for hydroxylation is 1. The SMILES string of the molecule is CNC(=O)C(NC(=O)c1ccc(C)c(OC)c1)c1ccc(F)c(F)c1. The highest BCUT2D eigenvalue weighted by atomic mass is 19.2. The molecular formula is C18H18F2N2O3. The van der Waals surface area contributed by atoms with Crippen LogP contribution in [0, 0.1) is 18.6 Å². The zero-order chi connectivity index (χ0) is 18.6. The van der Waals surface area contributed by atoms with Crippen molar-refractivity contribution >= 4 is 11.8 Å². The molecule has 2 amide bonds. The predicted octanol–water partition coefficient (Wildman–Crippen LogP) is 2.50. The third kappa shape index (κ3) is 4.12. The van der Waals surface area contributed by atoms with Gasteiger partial charge in [-0.25, -0.2) is 8.78 Å². The van der Waals surface area contributed by atoms with Crippen LogP contribution in [-0.2, 0) is 4.79 Å². The van der Waals surface area contributed by atoms with E-state index >= 15 is 0 Å². The summed E-state index contributed by atoms with van der Waals surface area (Å²) in [6.07, 6.45) is 0. The van der Waals surface area contributed by atoms with Gasteiger partial charge in [0.1, 0.15) is 11.8 Å². The Bertz CT molecular complexity index is 809. The average Bonchev–Trinajstić information content (AvgIpc) is 2.61. The molecule has 0 spiro atoms. The van der Waals surface area contributed by atoms with Gasteiger partial charge in [0.15, 0.2) is 11.6 Å². The van der Waals surface area contributed by atoms with Gasteiger partial charge in [0.05, 0.1) is 7.11 Å². The van der Waals surface area contributed by atoms with Gasteiger partial charge in [-0.05, 0) is 42.3 Å². The minimum Gasteiger partial charge on any atom is -0.496 e. The molecular weight excluding hydrogens is 330 g/mol. The summed E-state index contributed by atoms with van der Waals surface area (Å²) in [7, 11) is 2.87. The molecule has 0 radical (unpaired) electrons. The number of ether oxygens (including phenoxy) is 1. The lowest BCUT2D eigenvalue weighted by molar-refractivity contribution is -0.122. The van der Waals surface area contributed by atoms with Gasteiger partial charge in [-0.3, -0.25) is 9.59 Å². The molecule has 0 fully saturated rings. The predicted molar refractivity (Wildman–Crippen MR) is 88.4 cm³/mol. The molecule has 0 heterocycles. The van der Waals surface area contributed by atoms with Gasteiger partial charge in [-0.2, -0.15) is 0 Å². The van der Waals surface area contributed by atoms with E-state index in [1.165, 1.54) is 26.3 Å². The van der Waals surface area contributed by atoms with Crippen LogP contribution < -0.4 is 15.4 Å². The van der Waals surface area contributed by atoms with E-state index in [4.69, 9.17) is 4.74 Å². The Labute approximate surface area is 144 Å². The Morgan fingerprint density at radius 1 is 1.08 bits per heavy atom. The molecule has 1 atom stereocenters. The number of carbonyl (C=O) groups excluding carboxylic acids is 2. The summed E-state index contributed by atoms with van der Waals surface area (Å²) in [6.45, 7) is 1.83. The minimum absolute atomic E-state index is 0.130. The molecule has 132 valence electrons. The molecule has 0 aliphatic carbocycles. The molecule has 0 saturated carbocycles. The van der Waals surface area contributed by atoms with E-state index in [9.17, 15) is 18.4 Å². The van der Waals surface area contributed by atoms with E-state index < -0.39 is 29.5 Å². The quantitative estimate of drug-likeness (QED) is 0.872. The van der Waals surface area contributed by atoms with Crippen molar-refractivity contribution in [3.8, 4) is 5.75 Å². The maximum absolute atomic E-state index is 13.5. The number of hydrogen-bond acceptors (Lipinski definition) is 3. The lowest BCUT2D eigenvalue weighted by Crippen LogP contribution is -2.39. The van der Waals surface area contributed by atoms with Gasteiger partial charge in [0, 0.05) is 12.6 Å². The summed E-state index contributed by atoms with van der Waals surface area (Å²) in [4.78, 5) is 24.6. The summed E-state index contributed by atoms with van der Waals surface area (Å²) < 4.78 is 31.8. The first-order chi connectivity index (χ1) is 11.9. The fraction of sp³-hybridized carbons (Fsp3) is 0.222. The van der Waals surface area contributed by atoms with E-state index in [0.29, 0.717) is 5.75 Å². The Balaban J connectivity index is 2.32. The summed E-state index contributed by atoms with van der Waals surface area (Å²) in [5, 5.41) is 4.91. The van der Waals surface area contributed by atoms with E-state index in [-0.39, 0.29) is 11.1 Å². The Kier molecular flexibility index (Phi) is 5.69. The van der Waals surface area contributed by atoms with E-state index in [2.05, 4.69) is 10.6 Å². The number of carbonyl (C=O) groups is 2. The van der Waals surface area contributed by atoms with Gasteiger partial charge in [0.25, 0.3) is 5.91 Å². The van der Waals surface area contributed by atoms with Gasteiger partial charge >= 0.3 is 0 Å². The van der Waals surface area contributed by atoms with Crippen LogP contribution in [0.15, 0.2) is 36.4 Å². The molecule has 0 aliphatic heterocycles. The van der Waals surface area contributed by atoms with Crippen molar-refractivity contribution in [2.75, 3.05) is 14.2 Å². The number of likely N-dealkylation sites (N-methyl/N-ethyl adjacent to an activating group) is 1. The largest absolute Gasteiger partial charge is 0.496 e. The summed E-state index contributed by atoms with van der Waals surface area (Å²) in [5.41, 5.74) is 1.26. The normalized spacial score (nSPS) is 11.6. The van der Waals surface area contributed by atoms with E-state index in [1.807, 2.05) is 6.92 Å². The second kappa shape index (κ2) is 7.74. The highest BCUT2D eigenvalue weighted by Gasteiger charge is 2.24. The Hall–Kier alpha value is -2.96. The van der Waals surface area contributed by atoms with Gasteiger partial charge < -0.3 is 15.4 Å². The first-order valence-corrected chi connectivity index (χ1v) is 7.49. The van der Waals surface area contributed by atoms with Crippen molar-refractivity contribution < 1.29 is 23.1 Å². The topological polar surface area (TPSA) is 67.4 Å². The summed E-state index contributed by atoms with van der Waals surface area (Å²) >= 11 is 0. The lowest BCUT2D eigenvalue weighted by Gasteiger charge is -2.18. The standard InChI is InChI=1S/C18H18F2N2O3/c1-10-4-5-12(9-15(10)25-3)17(23)22-16(18(24)21-2)11-6-7-13(19)14(20)8-11/h4-9,16H,1-3H3,(H,21,24)(H,22,23). The molecule has 0 saturated heterocycles. The van der Waals surface area contributed by atoms with E-state index in [1.54, 1.807) is 12.1 Å². The lowest BCUT2D eigenvalue weighted by atomic mass is 10.0. The van der Waals surface area contributed by atoms with Crippen LogP contribution >= 0.6 is 0 Å². The van der Waals surface area contributed by atoms with Crippen molar-refractivity contribution in [2.24, 2.45) is 0 Å². The van der Waals surface area contributed by atoms with Crippen LogP contribution in [0.5, 0.6) is 5.75 Å². The fourth-order valence-electron chi connectivity index (χ4n) is 2.31. The molecule has 0 bridgehead atoms. The first-order valence-electron chi connectivity index (χ1n) is 7.49. The molecule has 0 aromatic heterocycles. The van der Waals surface area contributed by atoms with Crippen LogP contribution in [0.3, 0.4) is 0 Å². The molecule has 25 heavy (non-hydrogen) atoms. The molecule has 1 unspecified atom stereocenters. The first kappa shape index (κ1) is 18.4. The minimum atomic E-state index is -1.17. The third-order valence-corrected chi connectivity index (χ3v) is 3.73. The summed E-state index contributed by atoms with van der Waals surface area (Å²) in [6, 6.07) is 6.69. The Morgan fingerprint density at radius 2 is 1.80 bits per heavy atom. The number of hydrogen-bond donors (Lipinski definition) is 2. The number of amides is 2. The molecule has 5 nitrogen and oxygen atoms in total.